The zero-order valence-corrected chi connectivity index (χ0v) is 18.6. The van der Waals surface area contributed by atoms with Gasteiger partial charge in [-0.15, -0.1) is 5.10 Å². The number of aromatic nitrogens is 4. The zero-order valence-electron chi connectivity index (χ0n) is 18.6. The van der Waals surface area contributed by atoms with Gasteiger partial charge in [-0.2, -0.15) is 18.2 Å². The van der Waals surface area contributed by atoms with Crippen LogP contribution in [0.2, 0.25) is 0 Å². The minimum Gasteiger partial charge on any atom is -0.371 e. The van der Waals surface area contributed by atoms with Crippen molar-refractivity contribution in [3.05, 3.63) is 52.6 Å². The highest BCUT2D eigenvalue weighted by atomic mass is 19.4. The van der Waals surface area contributed by atoms with E-state index in [1.165, 1.54) is 12.1 Å². The van der Waals surface area contributed by atoms with E-state index in [1.54, 1.807) is 13.8 Å². The predicted molar refractivity (Wildman–Crippen MR) is 113 cm³/mol. The molecular weight excluding hydrogens is 459 g/mol. The lowest BCUT2D eigenvalue weighted by Crippen LogP contribution is -2.31. The number of amides is 1. The Morgan fingerprint density at radius 2 is 1.94 bits per heavy atom. The Hall–Kier alpha value is -3.31. The summed E-state index contributed by atoms with van der Waals surface area (Å²) in [5, 5.41) is 6.40. The Morgan fingerprint density at radius 3 is 2.65 bits per heavy atom. The molecule has 1 aromatic carbocycles. The van der Waals surface area contributed by atoms with Gasteiger partial charge in [0.15, 0.2) is 11.6 Å². The molecule has 4 rings (SSSR count). The largest absolute Gasteiger partial charge is 0.453 e. The van der Waals surface area contributed by atoms with Crippen molar-refractivity contribution < 1.29 is 26.7 Å². The van der Waals surface area contributed by atoms with Crippen molar-refractivity contribution >= 4 is 17.4 Å². The summed E-state index contributed by atoms with van der Waals surface area (Å²) in [5.41, 5.74) is 2.20. The van der Waals surface area contributed by atoms with Crippen LogP contribution < -0.4 is 10.2 Å². The maximum absolute atomic E-state index is 13.5. The van der Waals surface area contributed by atoms with Crippen LogP contribution in [0.25, 0.3) is 5.78 Å². The molecule has 34 heavy (non-hydrogen) atoms. The number of benzene rings is 1. The average Bonchev–Trinajstić information content (AvgIpc) is 3.41. The van der Waals surface area contributed by atoms with Gasteiger partial charge in [0, 0.05) is 49.2 Å². The van der Waals surface area contributed by atoms with E-state index < -0.39 is 23.6 Å². The number of hydrogen-bond donors (Lipinski definition) is 1. The second kappa shape index (κ2) is 9.15. The first-order valence-corrected chi connectivity index (χ1v) is 10.8. The van der Waals surface area contributed by atoms with Gasteiger partial charge in [0.25, 0.3) is 11.6 Å². The minimum absolute atomic E-state index is 0.134. The standard InChI is InChI=1S/C22H23F5N6O/c1-12-16(13(2)33-21(29-12)30-20(31-33)22(25,26)27)4-6-19(34)28-10-14-7-8-32(11-14)15-3-5-17(23)18(24)9-15/h3,5,9,14H,4,6-8,10-11H2,1-2H3,(H,28,34). The van der Waals surface area contributed by atoms with Crippen molar-refractivity contribution in [1.82, 2.24) is 24.9 Å². The first kappa shape index (κ1) is 23.8. The monoisotopic (exact) mass is 482 g/mol. The smallest absolute Gasteiger partial charge is 0.371 e. The van der Waals surface area contributed by atoms with Crippen molar-refractivity contribution in [3.63, 3.8) is 0 Å². The number of hydrogen-bond acceptors (Lipinski definition) is 5. The summed E-state index contributed by atoms with van der Waals surface area (Å²) in [7, 11) is 0. The molecule has 1 N–H and O–H groups in total. The fraction of sp³-hybridized carbons (Fsp3) is 0.455. The van der Waals surface area contributed by atoms with E-state index in [2.05, 4.69) is 20.4 Å². The fourth-order valence-electron chi connectivity index (χ4n) is 4.19. The maximum atomic E-state index is 13.5. The third-order valence-electron chi connectivity index (χ3n) is 6.05. The van der Waals surface area contributed by atoms with Gasteiger partial charge < -0.3 is 10.2 Å². The first-order chi connectivity index (χ1) is 16.0. The quantitative estimate of drug-likeness (QED) is 0.544. The number of alkyl halides is 3. The molecule has 0 spiro atoms. The Balaban J connectivity index is 1.32. The van der Waals surface area contributed by atoms with Crippen molar-refractivity contribution in [2.24, 2.45) is 5.92 Å². The number of halogens is 5. The molecule has 182 valence electrons. The summed E-state index contributed by atoms with van der Waals surface area (Å²) in [6, 6.07) is 3.79. The molecule has 0 saturated carbocycles. The molecule has 1 unspecified atom stereocenters. The highest BCUT2D eigenvalue weighted by molar-refractivity contribution is 5.76. The molecule has 1 aliphatic rings. The third-order valence-corrected chi connectivity index (χ3v) is 6.05. The van der Waals surface area contributed by atoms with Crippen LogP contribution in [-0.4, -0.2) is 45.1 Å². The number of fused-ring (bicyclic) bond motifs is 1. The van der Waals surface area contributed by atoms with Gasteiger partial charge in [-0.1, -0.05) is 0 Å². The van der Waals surface area contributed by atoms with Crippen LogP contribution in [0.4, 0.5) is 27.6 Å². The Labute approximate surface area is 192 Å². The minimum atomic E-state index is -4.67. The maximum Gasteiger partial charge on any atom is 0.453 e. The fourth-order valence-corrected chi connectivity index (χ4v) is 4.19. The number of carbonyl (C=O) groups is 1. The zero-order chi connectivity index (χ0) is 24.6. The van der Waals surface area contributed by atoms with Gasteiger partial charge >= 0.3 is 6.18 Å². The Bertz CT molecular complexity index is 1220. The summed E-state index contributed by atoms with van der Waals surface area (Å²) in [4.78, 5) is 21.9. The predicted octanol–water partition coefficient (Wildman–Crippen LogP) is 3.61. The highest BCUT2D eigenvalue weighted by Gasteiger charge is 2.37. The number of nitrogens with zero attached hydrogens (tertiary/aromatic N) is 5. The number of aryl methyl sites for hydroxylation is 2. The molecule has 1 atom stereocenters. The molecular formula is C22H23F5N6O. The summed E-state index contributed by atoms with van der Waals surface area (Å²) >= 11 is 0. The summed E-state index contributed by atoms with van der Waals surface area (Å²) in [6.45, 7) is 5.00. The van der Waals surface area contributed by atoms with Crippen molar-refractivity contribution in [2.45, 2.75) is 39.3 Å². The molecule has 7 nitrogen and oxygen atoms in total. The number of carbonyl (C=O) groups excluding carboxylic acids is 1. The van der Waals surface area contributed by atoms with Gasteiger partial charge in [-0.3, -0.25) is 4.79 Å². The molecule has 3 heterocycles. The van der Waals surface area contributed by atoms with Crippen LogP contribution in [0.3, 0.4) is 0 Å². The van der Waals surface area contributed by atoms with E-state index in [1.807, 2.05) is 4.90 Å². The van der Waals surface area contributed by atoms with Crippen LogP contribution in [0, 0.1) is 31.4 Å². The molecule has 0 bridgehead atoms. The van der Waals surface area contributed by atoms with Crippen molar-refractivity contribution in [1.29, 1.82) is 0 Å². The van der Waals surface area contributed by atoms with Crippen molar-refractivity contribution in [3.8, 4) is 0 Å². The number of rotatable bonds is 6. The molecule has 3 aromatic rings. The van der Waals surface area contributed by atoms with E-state index in [4.69, 9.17) is 0 Å². The Morgan fingerprint density at radius 1 is 1.18 bits per heavy atom. The van der Waals surface area contributed by atoms with E-state index >= 15 is 0 Å². The summed E-state index contributed by atoms with van der Waals surface area (Å²) in [6.07, 6.45) is -3.45. The number of nitrogens with one attached hydrogen (secondary N) is 1. The lowest BCUT2D eigenvalue weighted by atomic mass is 10.1. The van der Waals surface area contributed by atoms with Crippen LogP contribution >= 0.6 is 0 Å². The van der Waals surface area contributed by atoms with E-state index in [-0.39, 0.29) is 24.0 Å². The van der Waals surface area contributed by atoms with Gasteiger partial charge in [0.05, 0.1) is 0 Å². The molecule has 1 fully saturated rings. The lowest BCUT2D eigenvalue weighted by molar-refractivity contribution is -0.144. The molecule has 1 saturated heterocycles. The lowest BCUT2D eigenvalue weighted by Gasteiger charge is -2.19. The van der Waals surface area contributed by atoms with Gasteiger partial charge in [0.1, 0.15) is 0 Å². The highest BCUT2D eigenvalue weighted by Crippen LogP contribution is 2.27. The SMILES string of the molecule is Cc1nc2nc(C(F)(F)F)nn2c(C)c1CCC(=O)NCC1CCN(c2ccc(F)c(F)c2)C1. The molecule has 2 aromatic heterocycles. The van der Waals surface area contributed by atoms with Gasteiger partial charge in [0.2, 0.25) is 5.91 Å². The Kier molecular flexibility index (Phi) is 6.41. The van der Waals surface area contributed by atoms with Crippen LogP contribution in [-0.2, 0) is 17.4 Å². The average molecular weight is 482 g/mol. The second-order valence-corrected chi connectivity index (χ2v) is 8.41. The molecule has 0 aliphatic carbocycles. The topological polar surface area (TPSA) is 75.4 Å². The number of anilines is 1. The van der Waals surface area contributed by atoms with Gasteiger partial charge in [-0.25, -0.2) is 18.3 Å². The molecule has 1 aliphatic heterocycles. The van der Waals surface area contributed by atoms with Gasteiger partial charge in [-0.05, 0) is 50.3 Å². The summed E-state index contributed by atoms with van der Waals surface area (Å²) in [5.74, 6) is -3.22. The van der Waals surface area contributed by atoms with E-state index in [9.17, 15) is 26.7 Å². The summed E-state index contributed by atoms with van der Waals surface area (Å²) < 4.78 is 66.5. The van der Waals surface area contributed by atoms with Crippen molar-refractivity contribution in [2.75, 3.05) is 24.5 Å². The van der Waals surface area contributed by atoms with Crippen LogP contribution in [0.5, 0.6) is 0 Å². The van der Waals surface area contributed by atoms with Crippen LogP contribution in [0.15, 0.2) is 18.2 Å². The normalized spacial score (nSPS) is 16.4. The molecule has 0 radical (unpaired) electrons. The van der Waals surface area contributed by atoms with Crippen LogP contribution in [0.1, 0.15) is 35.6 Å². The third kappa shape index (κ3) is 4.95. The first-order valence-electron chi connectivity index (χ1n) is 10.8. The van der Waals surface area contributed by atoms with E-state index in [0.29, 0.717) is 48.7 Å². The second-order valence-electron chi connectivity index (χ2n) is 8.41. The molecule has 12 heteroatoms. The van der Waals surface area contributed by atoms with E-state index in [0.717, 1.165) is 17.0 Å². The molecule has 1 amide bonds.